The van der Waals surface area contributed by atoms with Crippen LogP contribution in [-0.4, -0.2) is 37.5 Å². The molecule has 1 rings (SSSR count). The second-order valence-electron chi connectivity index (χ2n) is 2.70. The van der Waals surface area contributed by atoms with E-state index in [0.717, 1.165) is 0 Å². The maximum atomic E-state index is 10.9. The van der Waals surface area contributed by atoms with E-state index in [0.29, 0.717) is 6.54 Å². The Balaban J connectivity index is 2.66. The van der Waals surface area contributed by atoms with Crippen LogP contribution in [0.1, 0.15) is 6.92 Å². The number of nitrogens with two attached hydrogens (primary N) is 1. The average molecular weight is 164 g/mol. The number of sulfone groups is 1. The standard InChI is InChI=1S/C5H12N2O2S/c1-5-4-10(8,9)3-2-7(5)6/h5H,2-4,6H2,1H3/t5-/m0/s1. The molecule has 1 aliphatic rings. The molecule has 0 spiro atoms. The summed E-state index contributed by atoms with van der Waals surface area (Å²) in [5.41, 5.74) is 0. The van der Waals surface area contributed by atoms with Gasteiger partial charge in [0.05, 0.1) is 11.5 Å². The van der Waals surface area contributed by atoms with E-state index in [-0.39, 0.29) is 17.5 Å². The molecule has 0 aliphatic carbocycles. The van der Waals surface area contributed by atoms with Crippen molar-refractivity contribution in [3.8, 4) is 0 Å². The van der Waals surface area contributed by atoms with Gasteiger partial charge in [-0.05, 0) is 6.92 Å². The van der Waals surface area contributed by atoms with E-state index in [1.54, 1.807) is 5.01 Å². The molecule has 60 valence electrons. The molecule has 1 atom stereocenters. The molecular formula is C5H12N2O2S. The van der Waals surface area contributed by atoms with Crippen LogP contribution in [0.4, 0.5) is 0 Å². The molecule has 5 heteroatoms. The van der Waals surface area contributed by atoms with Gasteiger partial charge in [-0.3, -0.25) is 5.84 Å². The molecule has 0 aromatic carbocycles. The first-order valence-corrected chi connectivity index (χ1v) is 5.05. The fraction of sp³-hybridized carbons (Fsp3) is 1.00. The summed E-state index contributed by atoms with van der Waals surface area (Å²) in [5, 5.41) is 1.57. The van der Waals surface area contributed by atoms with Crippen LogP contribution in [-0.2, 0) is 9.84 Å². The predicted octanol–water partition coefficient (Wildman–Crippen LogP) is -1.02. The number of hydrogen-bond donors (Lipinski definition) is 1. The molecule has 0 bridgehead atoms. The van der Waals surface area contributed by atoms with E-state index in [1.807, 2.05) is 6.92 Å². The molecule has 0 amide bonds. The number of nitrogens with zero attached hydrogens (tertiary/aromatic N) is 1. The summed E-state index contributed by atoms with van der Waals surface area (Å²) in [6.07, 6.45) is 0. The zero-order valence-corrected chi connectivity index (χ0v) is 6.76. The zero-order valence-electron chi connectivity index (χ0n) is 5.95. The Hall–Kier alpha value is -0.130. The molecule has 1 saturated heterocycles. The van der Waals surface area contributed by atoms with Gasteiger partial charge in [-0.1, -0.05) is 0 Å². The van der Waals surface area contributed by atoms with Gasteiger partial charge in [0.15, 0.2) is 9.84 Å². The van der Waals surface area contributed by atoms with Gasteiger partial charge in [-0.2, -0.15) is 0 Å². The fourth-order valence-corrected chi connectivity index (χ4v) is 2.59. The summed E-state index contributed by atoms with van der Waals surface area (Å²) in [6, 6.07) is -0.0289. The third-order valence-corrected chi connectivity index (χ3v) is 3.52. The molecule has 1 heterocycles. The van der Waals surface area contributed by atoms with E-state index in [9.17, 15) is 8.42 Å². The molecule has 2 N–H and O–H groups in total. The van der Waals surface area contributed by atoms with E-state index < -0.39 is 9.84 Å². The first-order valence-electron chi connectivity index (χ1n) is 3.23. The van der Waals surface area contributed by atoms with Gasteiger partial charge in [0, 0.05) is 12.6 Å². The Morgan fingerprint density at radius 1 is 1.60 bits per heavy atom. The van der Waals surface area contributed by atoms with Crippen LogP contribution in [0.25, 0.3) is 0 Å². The molecule has 4 nitrogen and oxygen atoms in total. The van der Waals surface area contributed by atoms with Crippen molar-refractivity contribution in [1.82, 2.24) is 5.01 Å². The third-order valence-electron chi connectivity index (χ3n) is 1.72. The van der Waals surface area contributed by atoms with Crippen LogP contribution in [0.15, 0.2) is 0 Å². The smallest absolute Gasteiger partial charge is 0.153 e. The van der Waals surface area contributed by atoms with Gasteiger partial charge in [0.1, 0.15) is 0 Å². The van der Waals surface area contributed by atoms with Crippen LogP contribution in [0.5, 0.6) is 0 Å². The van der Waals surface area contributed by atoms with E-state index in [4.69, 9.17) is 5.84 Å². The Labute approximate surface area is 60.9 Å². The van der Waals surface area contributed by atoms with Crippen LogP contribution in [0.2, 0.25) is 0 Å². The predicted molar refractivity (Wildman–Crippen MR) is 39.0 cm³/mol. The molecule has 0 unspecified atom stereocenters. The van der Waals surface area contributed by atoms with Crippen molar-refractivity contribution in [1.29, 1.82) is 0 Å². The van der Waals surface area contributed by atoms with Crippen molar-refractivity contribution in [3.05, 3.63) is 0 Å². The van der Waals surface area contributed by atoms with Crippen LogP contribution >= 0.6 is 0 Å². The molecule has 10 heavy (non-hydrogen) atoms. The normalized spacial score (nSPS) is 34.0. The van der Waals surface area contributed by atoms with Gasteiger partial charge < -0.3 is 0 Å². The van der Waals surface area contributed by atoms with Gasteiger partial charge in [-0.15, -0.1) is 0 Å². The lowest BCUT2D eigenvalue weighted by Crippen LogP contribution is -2.50. The summed E-state index contributed by atoms with van der Waals surface area (Å²) < 4.78 is 21.8. The van der Waals surface area contributed by atoms with Crippen LogP contribution in [0, 0.1) is 0 Å². The summed E-state index contributed by atoms with van der Waals surface area (Å²) in [5.74, 6) is 5.87. The lowest BCUT2D eigenvalue weighted by Gasteiger charge is -2.28. The van der Waals surface area contributed by atoms with Crippen molar-refractivity contribution in [3.63, 3.8) is 0 Å². The Morgan fingerprint density at radius 2 is 2.20 bits per heavy atom. The van der Waals surface area contributed by atoms with E-state index in [2.05, 4.69) is 0 Å². The van der Waals surface area contributed by atoms with Gasteiger partial charge >= 0.3 is 0 Å². The first kappa shape index (κ1) is 7.97. The molecule has 0 aromatic heterocycles. The van der Waals surface area contributed by atoms with Crippen molar-refractivity contribution in [2.45, 2.75) is 13.0 Å². The molecule has 0 radical (unpaired) electrons. The van der Waals surface area contributed by atoms with Gasteiger partial charge in [0.2, 0.25) is 0 Å². The van der Waals surface area contributed by atoms with Crippen LogP contribution in [0.3, 0.4) is 0 Å². The highest BCUT2D eigenvalue weighted by Gasteiger charge is 2.25. The number of hydrogen-bond acceptors (Lipinski definition) is 4. The summed E-state index contributed by atoms with van der Waals surface area (Å²) in [4.78, 5) is 0. The molecule has 1 fully saturated rings. The summed E-state index contributed by atoms with van der Waals surface area (Å²) >= 11 is 0. The first-order chi connectivity index (χ1) is 4.51. The molecule has 0 aromatic rings. The quantitative estimate of drug-likeness (QED) is 0.465. The number of hydrazine groups is 1. The van der Waals surface area contributed by atoms with E-state index in [1.165, 1.54) is 0 Å². The third kappa shape index (κ3) is 1.68. The number of rotatable bonds is 0. The molecular weight excluding hydrogens is 152 g/mol. The minimum Gasteiger partial charge on any atom is -0.268 e. The highest BCUT2D eigenvalue weighted by molar-refractivity contribution is 7.91. The van der Waals surface area contributed by atoms with Crippen molar-refractivity contribution < 1.29 is 8.42 Å². The lowest BCUT2D eigenvalue weighted by molar-refractivity contribution is 0.233. The zero-order chi connectivity index (χ0) is 7.78. The average Bonchev–Trinajstić information content (AvgIpc) is 1.79. The van der Waals surface area contributed by atoms with Crippen molar-refractivity contribution >= 4 is 9.84 Å². The topological polar surface area (TPSA) is 63.4 Å². The van der Waals surface area contributed by atoms with Crippen molar-refractivity contribution in [2.75, 3.05) is 18.1 Å². The summed E-state index contributed by atoms with van der Waals surface area (Å²) in [6.45, 7) is 2.28. The SMILES string of the molecule is C[C@H]1CS(=O)(=O)CCN1N. The Morgan fingerprint density at radius 3 is 2.60 bits per heavy atom. The Kier molecular flexibility index (Phi) is 1.98. The van der Waals surface area contributed by atoms with E-state index >= 15 is 0 Å². The fourth-order valence-electron chi connectivity index (χ4n) is 1.01. The minimum absolute atomic E-state index is 0.0289. The van der Waals surface area contributed by atoms with Gasteiger partial charge in [-0.25, -0.2) is 13.4 Å². The second kappa shape index (κ2) is 2.48. The Bertz CT molecular complexity index is 212. The maximum Gasteiger partial charge on any atom is 0.153 e. The second-order valence-corrected chi connectivity index (χ2v) is 4.93. The van der Waals surface area contributed by atoms with Crippen molar-refractivity contribution in [2.24, 2.45) is 5.84 Å². The summed E-state index contributed by atoms with van der Waals surface area (Å²) in [7, 11) is -2.79. The largest absolute Gasteiger partial charge is 0.268 e. The van der Waals surface area contributed by atoms with Gasteiger partial charge in [0.25, 0.3) is 0 Å². The highest BCUT2D eigenvalue weighted by atomic mass is 32.2. The maximum absolute atomic E-state index is 10.9. The highest BCUT2D eigenvalue weighted by Crippen LogP contribution is 2.06. The van der Waals surface area contributed by atoms with Crippen LogP contribution < -0.4 is 5.84 Å². The molecule has 1 aliphatic heterocycles. The molecule has 0 saturated carbocycles. The lowest BCUT2D eigenvalue weighted by atomic mass is 10.4. The minimum atomic E-state index is -2.79. The monoisotopic (exact) mass is 164 g/mol.